The summed E-state index contributed by atoms with van der Waals surface area (Å²) in [5, 5.41) is 4.19. The average molecular weight is 314 g/mol. The van der Waals surface area contributed by atoms with E-state index in [1.807, 2.05) is 4.68 Å². The van der Waals surface area contributed by atoms with E-state index in [0.29, 0.717) is 0 Å². The maximum absolute atomic E-state index is 6.43. The van der Waals surface area contributed by atoms with Crippen molar-refractivity contribution in [1.82, 2.24) is 19.7 Å². The van der Waals surface area contributed by atoms with Crippen molar-refractivity contribution in [3.05, 3.63) is 48.5 Å². The van der Waals surface area contributed by atoms with Gasteiger partial charge >= 0.3 is 0 Å². The Morgan fingerprint density at radius 3 is 2.57 bits per heavy atom. The lowest BCUT2D eigenvalue weighted by molar-refractivity contribution is -0.129. The van der Waals surface area contributed by atoms with Crippen molar-refractivity contribution < 1.29 is 4.74 Å². The Morgan fingerprint density at radius 1 is 1.13 bits per heavy atom. The standard InChI is InChI=1S/C18H26N4O/c1-18(2,3)17-12-21(9-10-22-14-19-13-20-22)11-16(23-17)15-7-5-4-6-8-15/h4-8,13-14,16-17H,9-12H2,1-3H3/t16-,17+/m0/s1. The van der Waals surface area contributed by atoms with Gasteiger partial charge in [0.05, 0.1) is 18.8 Å². The summed E-state index contributed by atoms with van der Waals surface area (Å²) in [5.74, 6) is 0. The number of ether oxygens (including phenoxy) is 1. The molecule has 5 nitrogen and oxygen atoms in total. The summed E-state index contributed by atoms with van der Waals surface area (Å²) >= 11 is 0. The molecule has 0 unspecified atom stereocenters. The van der Waals surface area contributed by atoms with Crippen LogP contribution in [0.15, 0.2) is 43.0 Å². The fourth-order valence-electron chi connectivity index (χ4n) is 2.93. The molecule has 23 heavy (non-hydrogen) atoms. The first kappa shape index (κ1) is 16.1. The first-order chi connectivity index (χ1) is 11.0. The summed E-state index contributed by atoms with van der Waals surface area (Å²) in [5.41, 5.74) is 1.38. The molecule has 3 rings (SSSR count). The van der Waals surface area contributed by atoms with E-state index >= 15 is 0 Å². The van der Waals surface area contributed by atoms with Gasteiger partial charge in [-0.15, -0.1) is 0 Å². The van der Waals surface area contributed by atoms with E-state index in [9.17, 15) is 0 Å². The zero-order valence-electron chi connectivity index (χ0n) is 14.2. The van der Waals surface area contributed by atoms with E-state index in [0.717, 1.165) is 26.2 Å². The highest BCUT2D eigenvalue weighted by atomic mass is 16.5. The fourth-order valence-corrected chi connectivity index (χ4v) is 2.93. The van der Waals surface area contributed by atoms with E-state index in [1.54, 1.807) is 12.7 Å². The third-order valence-corrected chi connectivity index (χ3v) is 4.43. The molecule has 0 N–H and O–H groups in total. The van der Waals surface area contributed by atoms with Crippen LogP contribution < -0.4 is 0 Å². The van der Waals surface area contributed by atoms with Crippen LogP contribution in [0.2, 0.25) is 0 Å². The third-order valence-electron chi connectivity index (χ3n) is 4.43. The van der Waals surface area contributed by atoms with Crippen LogP contribution in [0.3, 0.4) is 0 Å². The number of nitrogens with zero attached hydrogens (tertiary/aromatic N) is 4. The predicted octanol–water partition coefficient (Wildman–Crippen LogP) is 2.77. The molecule has 0 saturated carbocycles. The summed E-state index contributed by atoms with van der Waals surface area (Å²) in [7, 11) is 0. The molecule has 0 aliphatic carbocycles. The average Bonchev–Trinajstić information content (AvgIpc) is 3.06. The minimum Gasteiger partial charge on any atom is -0.367 e. The Balaban J connectivity index is 1.71. The molecule has 0 amide bonds. The number of morpholine rings is 1. The second-order valence-electron chi connectivity index (χ2n) is 7.31. The molecule has 1 aromatic carbocycles. The van der Waals surface area contributed by atoms with Gasteiger partial charge in [-0.05, 0) is 11.0 Å². The molecular formula is C18H26N4O. The van der Waals surface area contributed by atoms with Crippen molar-refractivity contribution in [2.75, 3.05) is 19.6 Å². The number of aromatic nitrogens is 3. The minimum atomic E-state index is 0.124. The van der Waals surface area contributed by atoms with Gasteiger partial charge in [-0.25, -0.2) is 4.98 Å². The molecule has 124 valence electrons. The van der Waals surface area contributed by atoms with Gasteiger partial charge in [0.2, 0.25) is 0 Å². The predicted molar refractivity (Wildman–Crippen MR) is 90.0 cm³/mol. The molecule has 1 aliphatic rings. The molecule has 2 aromatic rings. The summed E-state index contributed by atoms with van der Waals surface area (Å²) in [6.45, 7) is 10.5. The Hall–Kier alpha value is -1.72. The van der Waals surface area contributed by atoms with E-state index in [1.165, 1.54) is 5.56 Å². The highest BCUT2D eigenvalue weighted by molar-refractivity contribution is 5.18. The first-order valence-electron chi connectivity index (χ1n) is 8.27. The summed E-state index contributed by atoms with van der Waals surface area (Å²) in [6, 6.07) is 10.5. The van der Waals surface area contributed by atoms with Gasteiger partial charge in [-0.2, -0.15) is 5.10 Å². The quantitative estimate of drug-likeness (QED) is 0.870. The van der Waals surface area contributed by atoms with Crippen LogP contribution in [-0.4, -0.2) is 45.4 Å². The van der Waals surface area contributed by atoms with Crippen molar-refractivity contribution in [1.29, 1.82) is 0 Å². The second-order valence-corrected chi connectivity index (χ2v) is 7.31. The first-order valence-corrected chi connectivity index (χ1v) is 8.27. The molecular weight excluding hydrogens is 288 g/mol. The molecule has 0 spiro atoms. The van der Waals surface area contributed by atoms with E-state index < -0.39 is 0 Å². The highest BCUT2D eigenvalue weighted by Gasteiger charge is 2.35. The van der Waals surface area contributed by atoms with Gasteiger partial charge in [0.25, 0.3) is 0 Å². The van der Waals surface area contributed by atoms with E-state index in [4.69, 9.17) is 4.74 Å². The molecule has 2 atom stereocenters. The second kappa shape index (κ2) is 6.81. The van der Waals surface area contributed by atoms with E-state index in [2.05, 4.69) is 66.1 Å². The number of benzene rings is 1. The Kier molecular flexibility index (Phi) is 4.78. The van der Waals surface area contributed by atoms with Crippen LogP contribution >= 0.6 is 0 Å². The van der Waals surface area contributed by atoms with Gasteiger partial charge in [-0.3, -0.25) is 9.58 Å². The maximum atomic E-state index is 6.43. The zero-order chi connectivity index (χ0) is 16.3. The summed E-state index contributed by atoms with van der Waals surface area (Å²) in [6.07, 6.45) is 3.71. The molecule has 1 aliphatic heterocycles. The lowest BCUT2D eigenvalue weighted by Crippen LogP contribution is -2.49. The molecule has 0 bridgehead atoms. The van der Waals surface area contributed by atoms with Gasteiger partial charge in [0.15, 0.2) is 0 Å². The van der Waals surface area contributed by atoms with Crippen LogP contribution in [0.4, 0.5) is 0 Å². The van der Waals surface area contributed by atoms with Crippen LogP contribution in [0, 0.1) is 5.41 Å². The SMILES string of the molecule is CC(C)(C)[C@H]1CN(CCn2cncn2)C[C@@H](c2ccccc2)O1. The highest BCUT2D eigenvalue weighted by Crippen LogP contribution is 2.33. The molecule has 2 heterocycles. The largest absolute Gasteiger partial charge is 0.367 e. The van der Waals surface area contributed by atoms with Crippen molar-refractivity contribution >= 4 is 0 Å². The molecule has 0 radical (unpaired) electrons. The van der Waals surface area contributed by atoms with Gasteiger partial charge in [-0.1, -0.05) is 51.1 Å². The lowest BCUT2D eigenvalue weighted by Gasteiger charge is -2.43. The van der Waals surface area contributed by atoms with Crippen LogP contribution in [0.5, 0.6) is 0 Å². The fraction of sp³-hybridized carbons (Fsp3) is 0.556. The van der Waals surface area contributed by atoms with Crippen LogP contribution in [0.1, 0.15) is 32.4 Å². The number of rotatable bonds is 4. The lowest BCUT2D eigenvalue weighted by atomic mass is 9.87. The van der Waals surface area contributed by atoms with Crippen molar-refractivity contribution in [3.8, 4) is 0 Å². The monoisotopic (exact) mass is 314 g/mol. The molecule has 1 aromatic heterocycles. The van der Waals surface area contributed by atoms with Crippen LogP contribution in [0.25, 0.3) is 0 Å². The van der Waals surface area contributed by atoms with Crippen LogP contribution in [-0.2, 0) is 11.3 Å². The number of hydrogen-bond donors (Lipinski definition) is 0. The van der Waals surface area contributed by atoms with Gasteiger partial charge < -0.3 is 4.74 Å². The third kappa shape index (κ3) is 4.18. The Morgan fingerprint density at radius 2 is 1.91 bits per heavy atom. The Bertz CT molecular complexity index is 591. The summed E-state index contributed by atoms with van der Waals surface area (Å²) < 4.78 is 8.32. The van der Waals surface area contributed by atoms with Gasteiger partial charge in [0, 0.05) is 19.6 Å². The molecule has 1 fully saturated rings. The maximum Gasteiger partial charge on any atom is 0.137 e. The Labute approximate surface area is 138 Å². The van der Waals surface area contributed by atoms with E-state index in [-0.39, 0.29) is 17.6 Å². The summed E-state index contributed by atoms with van der Waals surface area (Å²) in [4.78, 5) is 6.50. The molecule has 1 saturated heterocycles. The molecule has 5 heteroatoms. The van der Waals surface area contributed by atoms with Crippen molar-refractivity contribution in [2.45, 2.75) is 39.5 Å². The minimum absolute atomic E-state index is 0.124. The normalized spacial score (nSPS) is 23.1. The zero-order valence-corrected chi connectivity index (χ0v) is 14.2. The topological polar surface area (TPSA) is 43.2 Å². The number of hydrogen-bond acceptors (Lipinski definition) is 4. The van der Waals surface area contributed by atoms with Crippen molar-refractivity contribution in [3.63, 3.8) is 0 Å². The van der Waals surface area contributed by atoms with Crippen molar-refractivity contribution in [2.24, 2.45) is 5.41 Å². The smallest absolute Gasteiger partial charge is 0.137 e. The van der Waals surface area contributed by atoms with Gasteiger partial charge in [0.1, 0.15) is 12.7 Å².